The smallest absolute Gasteiger partial charge is 0.311 e. The molecule has 3 aromatic rings. The van der Waals surface area contributed by atoms with Gasteiger partial charge in [0.05, 0.1) is 27.9 Å². The van der Waals surface area contributed by atoms with E-state index in [0.29, 0.717) is 32.8 Å². The molecular formula is C25H17Cl3F3N3O2. The van der Waals surface area contributed by atoms with Gasteiger partial charge in [0.25, 0.3) is 0 Å². The highest BCUT2D eigenvalue weighted by Crippen LogP contribution is 2.38. The van der Waals surface area contributed by atoms with Crippen LogP contribution in [0.15, 0.2) is 77.0 Å². The van der Waals surface area contributed by atoms with E-state index in [1.807, 2.05) is 12.1 Å². The van der Waals surface area contributed by atoms with Crippen LogP contribution in [0.25, 0.3) is 0 Å². The van der Waals surface area contributed by atoms with Crippen molar-refractivity contribution >= 4 is 52.3 Å². The monoisotopic (exact) mass is 553 g/mol. The van der Waals surface area contributed by atoms with Gasteiger partial charge in [-0.05, 0) is 55.0 Å². The van der Waals surface area contributed by atoms with Crippen LogP contribution in [0, 0.1) is 0 Å². The Bertz CT molecular complexity index is 1360. The van der Waals surface area contributed by atoms with Gasteiger partial charge in [0.15, 0.2) is 5.84 Å². The topological polar surface area (TPSA) is 54.3 Å². The molecule has 0 amide bonds. The third-order valence-electron chi connectivity index (χ3n) is 5.46. The van der Waals surface area contributed by atoms with Crippen LogP contribution >= 0.6 is 34.8 Å². The maximum Gasteiger partial charge on any atom is 0.416 e. The summed E-state index contributed by atoms with van der Waals surface area (Å²) in [6.45, 7) is 1.58. The van der Waals surface area contributed by atoms with Crippen molar-refractivity contribution in [2.45, 2.75) is 25.6 Å². The second-order valence-electron chi connectivity index (χ2n) is 7.85. The van der Waals surface area contributed by atoms with E-state index >= 15 is 0 Å². The molecule has 0 saturated heterocycles. The average molecular weight is 555 g/mol. The summed E-state index contributed by atoms with van der Waals surface area (Å²) in [4.78, 5) is 17.4. The highest BCUT2D eigenvalue weighted by molar-refractivity contribution is 6.37. The molecule has 3 aromatic carbocycles. The minimum Gasteiger partial charge on any atom is -0.311 e. The third kappa shape index (κ3) is 5.67. The quantitative estimate of drug-likeness (QED) is 0.142. The Morgan fingerprint density at radius 2 is 1.72 bits per heavy atom. The number of benzene rings is 3. The molecule has 0 bridgehead atoms. The predicted octanol–water partition coefficient (Wildman–Crippen LogP) is 8.01. The molecular weight excluding hydrogens is 538 g/mol. The van der Waals surface area contributed by atoms with E-state index in [1.165, 1.54) is 0 Å². The molecule has 1 atom stereocenters. The van der Waals surface area contributed by atoms with Crippen molar-refractivity contribution in [1.29, 1.82) is 0 Å². The number of alkyl halides is 3. The first kappa shape index (κ1) is 26.0. The summed E-state index contributed by atoms with van der Waals surface area (Å²) in [6, 6.07) is 15.6. The van der Waals surface area contributed by atoms with Crippen LogP contribution < -0.4 is 0 Å². The normalized spacial score (nSPS) is 16.2. The van der Waals surface area contributed by atoms with Gasteiger partial charge < -0.3 is 4.84 Å². The number of nitrogens with zero attached hydrogens (tertiary/aromatic N) is 3. The first-order valence-electron chi connectivity index (χ1n) is 10.5. The summed E-state index contributed by atoms with van der Waals surface area (Å²) in [7, 11) is 0. The van der Waals surface area contributed by atoms with Crippen LogP contribution in [-0.2, 0) is 11.0 Å². The van der Waals surface area contributed by atoms with Gasteiger partial charge in [-0.25, -0.2) is 9.80 Å². The lowest BCUT2D eigenvalue weighted by atomic mass is 9.98. The molecule has 0 aliphatic carbocycles. The van der Waals surface area contributed by atoms with Gasteiger partial charge >= 0.3 is 12.1 Å². The Hall–Kier alpha value is -3.07. The van der Waals surface area contributed by atoms with Crippen LogP contribution in [0.5, 0.6) is 0 Å². The molecule has 0 saturated carbocycles. The molecule has 0 N–H and O–H groups in total. The molecule has 1 aliphatic heterocycles. The summed E-state index contributed by atoms with van der Waals surface area (Å²) in [5, 5.41) is 11.5. The van der Waals surface area contributed by atoms with Crippen LogP contribution in [0.1, 0.15) is 46.4 Å². The molecule has 4 rings (SSSR count). The molecule has 1 aliphatic rings. The van der Waals surface area contributed by atoms with Crippen molar-refractivity contribution in [3.63, 3.8) is 0 Å². The zero-order valence-corrected chi connectivity index (χ0v) is 20.8. The van der Waals surface area contributed by atoms with E-state index < -0.39 is 17.7 Å². The van der Waals surface area contributed by atoms with Crippen LogP contribution in [0.2, 0.25) is 15.1 Å². The summed E-state index contributed by atoms with van der Waals surface area (Å²) in [5.41, 5.74) is 1.13. The fourth-order valence-corrected chi connectivity index (χ4v) is 4.46. The predicted molar refractivity (Wildman–Crippen MR) is 134 cm³/mol. The minimum atomic E-state index is -4.51. The molecule has 5 nitrogen and oxygen atoms in total. The van der Waals surface area contributed by atoms with Gasteiger partial charge in [0.2, 0.25) is 0 Å². The first-order chi connectivity index (χ1) is 17.0. The fraction of sp³-hybridized carbons (Fsp3) is 0.160. The Morgan fingerprint density at radius 3 is 2.36 bits per heavy atom. The maximum absolute atomic E-state index is 12.8. The lowest BCUT2D eigenvalue weighted by molar-refractivity contribution is -0.137. The number of carbonyl (C=O) groups is 1. The molecule has 11 heteroatoms. The van der Waals surface area contributed by atoms with Gasteiger partial charge in [0, 0.05) is 22.0 Å². The average Bonchev–Trinajstić information content (AvgIpc) is 3.27. The molecule has 36 heavy (non-hydrogen) atoms. The summed E-state index contributed by atoms with van der Waals surface area (Å²) in [5.74, 6) is -0.693. The maximum atomic E-state index is 12.8. The number of hydrogen-bond acceptors (Lipinski definition) is 4. The number of hydrazone groups is 1. The molecule has 0 fully saturated rings. The first-order valence-corrected chi connectivity index (χ1v) is 11.7. The Labute approximate surface area is 219 Å². The van der Waals surface area contributed by atoms with Gasteiger partial charge in [-0.3, -0.25) is 0 Å². The van der Waals surface area contributed by atoms with Crippen molar-refractivity contribution in [2.24, 2.45) is 10.3 Å². The number of carbonyl (C=O) groups excluding carboxylic acids is 1. The van der Waals surface area contributed by atoms with Crippen molar-refractivity contribution in [1.82, 2.24) is 5.01 Å². The molecule has 0 spiro atoms. The van der Waals surface area contributed by atoms with Crippen molar-refractivity contribution in [3.8, 4) is 0 Å². The molecule has 186 valence electrons. The van der Waals surface area contributed by atoms with E-state index in [1.54, 1.807) is 42.3 Å². The van der Waals surface area contributed by atoms with Gasteiger partial charge in [-0.2, -0.15) is 18.3 Å². The lowest BCUT2D eigenvalue weighted by Crippen LogP contribution is -2.25. The molecule has 0 radical (unpaired) electrons. The standard InChI is InChI=1S/C25H17Cl3F3N3O2/c1-14(33-36-24(35)15-6-8-16(9-7-15)25(29,30)31)34-23(19-4-2-3-5-20(19)27)13-22(32-34)18-11-10-17(26)12-21(18)28/h2-12,23H,13H2,1H3/b33-14+. The Kier molecular flexibility index (Phi) is 7.59. The number of amidine groups is 1. The minimum absolute atomic E-state index is 0.0826. The van der Waals surface area contributed by atoms with E-state index in [-0.39, 0.29) is 17.4 Å². The zero-order valence-electron chi connectivity index (χ0n) is 18.6. The summed E-state index contributed by atoms with van der Waals surface area (Å²) < 4.78 is 38.3. The molecule has 0 aromatic heterocycles. The van der Waals surface area contributed by atoms with Gasteiger partial charge in [-0.1, -0.05) is 64.2 Å². The van der Waals surface area contributed by atoms with Crippen molar-refractivity contribution in [3.05, 3.63) is 104 Å². The van der Waals surface area contributed by atoms with E-state index in [0.717, 1.165) is 29.8 Å². The summed E-state index contributed by atoms with van der Waals surface area (Å²) in [6.07, 6.45) is -4.09. The molecule has 1 heterocycles. The van der Waals surface area contributed by atoms with Crippen molar-refractivity contribution < 1.29 is 22.8 Å². The second-order valence-corrected chi connectivity index (χ2v) is 9.10. The van der Waals surface area contributed by atoms with Gasteiger partial charge in [-0.15, -0.1) is 0 Å². The highest BCUT2D eigenvalue weighted by atomic mass is 35.5. The lowest BCUT2D eigenvalue weighted by Gasteiger charge is -2.23. The van der Waals surface area contributed by atoms with E-state index in [4.69, 9.17) is 39.6 Å². The SMILES string of the molecule is C/C(=N\OC(=O)c1ccc(C(F)(F)F)cc1)N1N=C(c2ccc(Cl)cc2Cl)CC1c1ccccc1Cl. The summed E-state index contributed by atoms with van der Waals surface area (Å²) >= 11 is 18.9. The largest absolute Gasteiger partial charge is 0.416 e. The van der Waals surface area contributed by atoms with Crippen LogP contribution in [0.4, 0.5) is 13.2 Å². The Morgan fingerprint density at radius 1 is 1.03 bits per heavy atom. The van der Waals surface area contributed by atoms with Gasteiger partial charge in [0.1, 0.15) is 0 Å². The highest BCUT2D eigenvalue weighted by Gasteiger charge is 2.33. The number of halogens is 6. The van der Waals surface area contributed by atoms with Crippen LogP contribution in [0.3, 0.4) is 0 Å². The number of hydrogen-bond donors (Lipinski definition) is 0. The van der Waals surface area contributed by atoms with Crippen molar-refractivity contribution in [2.75, 3.05) is 0 Å². The van der Waals surface area contributed by atoms with E-state index in [9.17, 15) is 18.0 Å². The zero-order chi connectivity index (χ0) is 26.0. The Balaban J connectivity index is 1.61. The molecule has 1 unspecified atom stereocenters. The van der Waals surface area contributed by atoms with Crippen LogP contribution in [-0.4, -0.2) is 22.5 Å². The third-order valence-corrected chi connectivity index (χ3v) is 6.35. The number of rotatable bonds is 4. The fourth-order valence-electron chi connectivity index (χ4n) is 3.68. The number of oxime groups is 1. The van der Waals surface area contributed by atoms with E-state index in [2.05, 4.69) is 10.3 Å². The second kappa shape index (κ2) is 10.5.